The number of aromatic nitrogens is 5. The maximum atomic E-state index is 5.30. The van der Waals surface area contributed by atoms with E-state index in [1.807, 2.05) is 44.3 Å². The minimum Gasteiger partial charge on any atom is -0.334 e. The molecule has 1 aromatic carbocycles. The van der Waals surface area contributed by atoms with Crippen molar-refractivity contribution in [2.24, 2.45) is 0 Å². The van der Waals surface area contributed by atoms with Crippen molar-refractivity contribution >= 4 is 15.9 Å². The van der Waals surface area contributed by atoms with Crippen LogP contribution >= 0.6 is 15.9 Å². The van der Waals surface area contributed by atoms with Crippen LogP contribution in [0.15, 0.2) is 35.0 Å². The zero-order valence-electron chi connectivity index (χ0n) is 11.7. The first-order chi connectivity index (χ1) is 10.1. The quantitative estimate of drug-likeness (QED) is 0.678. The molecule has 0 aliphatic carbocycles. The van der Waals surface area contributed by atoms with Crippen molar-refractivity contribution in [1.29, 1.82) is 0 Å². The predicted molar refractivity (Wildman–Crippen MR) is 80.9 cm³/mol. The van der Waals surface area contributed by atoms with Gasteiger partial charge in [-0.1, -0.05) is 44.0 Å². The lowest BCUT2D eigenvalue weighted by atomic mass is 10.1. The lowest BCUT2D eigenvalue weighted by Gasteiger charge is -1.95. The summed E-state index contributed by atoms with van der Waals surface area (Å²) >= 11 is 3.46. The van der Waals surface area contributed by atoms with E-state index in [0.717, 1.165) is 16.8 Å². The van der Waals surface area contributed by atoms with Crippen molar-refractivity contribution in [1.82, 2.24) is 25.1 Å². The summed E-state index contributed by atoms with van der Waals surface area (Å²) in [6, 6.07) is 7.95. The van der Waals surface area contributed by atoms with Crippen molar-refractivity contribution in [2.45, 2.75) is 25.2 Å². The van der Waals surface area contributed by atoms with Crippen LogP contribution in [0.2, 0.25) is 0 Å². The summed E-state index contributed by atoms with van der Waals surface area (Å²) in [6.07, 6.45) is 1.86. The van der Waals surface area contributed by atoms with E-state index in [4.69, 9.17) is 4.52 Å². The number of rotatable bonds is 4. The Kier molecular flexibility index (Phi) is 3.83. The smallest absolute Gasteiger partial charge is 0.257 e. The Labute approximate surface area is 130 Å². The predicted octanol–water partition coefficient (Wildman–Crippen LogP) is 3.14. The molecule has 0 spiro atoms. The molecule has 0 fully saturated rings. The van der Waals surface area contributed by atoms with E-state index in [1.165, 1.54) is 0 Å². The molecule has 3 rings (SSSR count). The second kappa shape index (κ2) is 5.77. The fourth-order valence-electron chi connectivity index (χ4n) is 1.93. The average Bonchev–Trinajstić information content (AvgIpc) is 3.08. The van der Waals surface area contributed by atoms with Crippen LogP contribution in [0, 0.1) is 6.92 Å². The summed E-state index contributed by atoms with van der Waals surface area (Å²) in [5.74, 6) is 1.09. The van der Waals surface area contributed by atoms with Gasteiger partial charge >= 0.3 is 0 Å². The van der Waals surface area contributed by atoms with E-state index < -0.39 is 0 Å². The van der Waals surface area contributed by atoms with Gasteiger partial charge in [0.15, 0.2) is 5.82 Å². The largest absolute Gasteiger partial charge is 0.334 e. The molecule has 0 saturated carbocycles. The number of benzene rings is 1. The zero-order chi connectivity index (χ0) is 14.8. The van der Waals surface area contributed by atoms with Crippen molar-refractivity contribution in [3.63, 3.8) is 0 Å². The third-order valence-electron chi connectivity index (χ3n) is 3.00. The van der Waals surface area contributed by atoms with E-state index in [0.29, 0.717) is 18.3 Å². The monoisotopic (exact) mass is 347 g/mol. The third-order valence-corrected chi connectivity index (χ3v) is 3.47. The Morgan fingerprint density at radius 2 is 2.24 bits per heavy atom. The molecule has 1 atom stereocenters. The van der Waals surface area contributed by atoms with Crippen LogP contribution in [0.5, 0.6) is 0 Å². The fourth-order valence-corrected chi connectivity index (χ4v) is 2.14. The molecule has 0 radical (unpaired) electrons. The Hall–Kier alpha value is -2.02. The normalized spacial score (nSPS) is 12.5. The number of hydrogen-bond donors (Lipinski definition) is 0. The van der Waals surface area contributed by atoms with E-state index in [1.54, 1.807) is 4.68 Å². The molecular formula is C14H14BrN5O. The van der Waals surface area contributed by atoms with Crippen LogP contribution in [-0.4, -0.2) is 25.1 Å². The fraction of sp³-hybridized carbons (Fsp3) is 0.286. The molecule has 3 aromatic rings. The first-order valence-corrected chi connectivity index (χ1v) is 7.47. The molecule has 7 heteroatoms. The van der Waals surface area contributed by atoms with Gasteiger partial charge in [0, 0.05) is 5.56 Å². The van der Waals surface area contributed by atoms with E-state index in [2.05, 4.69) is 36.4 Å². The zero-order valence-corrected chi connectivity index (χ0v) is 13.3. The average molecular weight is 348 g/mol. The summed E-state index contributed by atoms with van der Waals surface area (Å²) in [6.45, 7) is 4.46. The summed E-state index contributed by atoms with van der Waals surface area (Å²) in [7, 11) is 0. The number of hydrogen-bond acceptors (Lipinski definition) is 5. The molecular weight excluding hydrogens is 334 g/mol. The second-order valence-electron chi connectivity index (χ2n) is 4.84. The highest BCUT2D eigenvalue weighted by Crippen LogP contribution is 2.20. The van der Waals surface area contributed by atoms with Gasteiger partial charge in [-0.25, -0.2) is 4.68 Å². The summed E-state index contributed by atoms with van der Waals surface area (Å²) in [5.41, 5.74) is 2.94. The van der Waals surface area contributed by atoms with Gasteiger partial charge in [-0.3, -0.25) is 0 Å². The molecule has 0 N–H and O–H groups in total. The summed E-state index contributed by atoms with van der Waals surface area (Å²) < 4.78 is 6.99. The Morgan fingerprint density at radius 1 is 1.38 bits per heavy atom. The van der Waals surface area contributed by atoms with Crippen LogP contribution in [0.25, 0.3) is 11.5 Å². The molecule has 0 aliphatic rings. The molecule has 108 valence electrons. The highest BCUT2D eigenvalue weighted by Gasteiger charge is 2.11. The van der Waals surface area contributed by atoms with E-state index in [-0.39, 0.29) is 4.83 Å². The molecule has 2 aromatic heterocycles. The third kappa shape index (κ3) is 3.18. The minimum atomic E-state index is 0.166. The van der Waals surface area contributed by atoms with E-state index >= 15 is 0 Å². The number of alkyl halides is 1. The lowest BCUT2D eigenvalue weighted by molar-refractivity contribution is 0.418. The molecule has 1 unspecified atom stereocenters. The van der Waals surface area contributed by atoms with Gasteiger partial charge in [0.2, 0.25) is 0 Å². The van der Waals surface area contributed by atoms with Crippen LogP contribution < -0.4 is 0 Å². The molecule has 0 aliphatic heterocycles. The SMILES string of the molecule is Cc1cccc(-c2nc(Cn3cc(C(C)Br)nn3)no2)c1. The Morgan fingerprint density at radius 3 is 2.95 bits per heavy atom. The van der Waals surface area contributed by atoms with Gasteiger partial charge in [-0.15, -0.1) is 5.10 Å². The minimum absolute atomic E-state index is 0.166. The first kappa shape index (κ1) is 13.9. The van der Waals surface area contributed by atoms with Gasteiger partial charge in [0.25, 0.3) is 5.89 Å². The van der Waals surface area contributed by atoms with Gasteiger partial charge in [-0.2, -0.15) is 4.98 Å². The molecule has 21 heavy (non-hydrogen) atoms. The van der Waals surface area contributed by atoms with Crippen LogP contribution in [0.4, 0.5) is 0 Å². The summed E-state index contributed by atoms with van der Waals surface area (Å²) in [4.78, 5) is 4.56. The molecule has 0 saturated heterocycles. The molecule has 2 heterocycles. The standard InChI is InChI=1S/C14H14BrN5O/c1-9-4-3-5-11(6-9)14-16-13(18-21-14)8-20-7-12(10(2)15)17-19-20/h3-7,10H,8H2,1-2H3. The molecule has 0 bridgehead atoms. The maximum Gasteiger partial charge on any atom is 0.257 e. The molecule has 6 nitrogen and oxygen atoms in total. The number of nitrogens with zero attached hydrogens (tertiary/aromatic N) is 5. The topological polar surface area (TPSA) is 69.6 Å². The highest BCUT2D eigenvalue weighted by atomic mass is 79.9. The summed E-state index contributed by atoms with van der Waals surface area (Å²) in [5, 5.41) is 12.1. The van der Waals surface area contributed by atoms with Crippen LogP contribution in [-0.2, 0) is 6.54 Å². The van der Waals surface area contributed by atoms with Crippen LogP contribution in [0.1, 0.15) is 28.8 Å². The van der Waals surface area contributed by atoms with Gasteiger partial charge < -0.3 is 4.52 Å². The Bertz CT molecular complexity index is 749. The van der Waals surface area contributed by atoms with Crippen molar-refractivity contribution in [3.05, 3.63) is 47.5 Å². The van der Waals surface area contributed by atoms with Crippen LogP contribution in [0.3, 0.4) is 0 Å². The number of aryl methyl sites for hydroxylation is 1. The van der Waals surface area contributed by atoms with Gasteiger partial charge in [0.05, 0.1) is 16.7 Å². The van der Waals surface area contributed by atoms with Crippen molar-refractivity contribution in [3.8, 4) is 11.5 Å². The molecule has 0 amide bonds. The Balaban J connectivity index is 1.78. The van der Waals surface area contributed by atoms with Gasteiger partial charge in [-0.05, 0) is 26.0 Å². The van der Waals surface area contributed by atoms with Crippen molar-refractivity contribution in [2.75, 3.05) is 0 Å². The van der Waals surface area contributed by atoms with Gasteiger partial charge in [0.1, 0.15) is 6.54 Å². The maximum absolute atomic E-state index is 5.30. The second-order valence-corrected chi connectivity index (χ2v) is 6.22. The lowest BCUT2D eigenvalue weighted by Crippen LogP contribution is -2.02. The first-order valence-electron chi connectivity index (χ1n) is 6.55. The van der Waals surface area contributed by atoms with Crippen molar-refractivity contribution < 1.29 is 4.52 Å². The number of halogens is 1. The van der Waals surface area contributed by atoms with E-state index in [9.17, 15) is 0 Å². The highest BCUT2D eigenvalue weighted by molar-refractivity contribution is 9.09.